The maximum Gasteiger partial charge on any atom is 0.271 e. The molecule has 39 heavy (non-hydrogen) atoms. The predicted molar refractivity (Wildman–Crippen MR) is 159 cm³/mol. The van der Waals surface area contributed by atoms with Crippen molar-refractivity contribution in [1.29, 1.82) is 0 Å². The number of benzene rings is 3. The Kier molecular flexibility index (Phi) is 8.32. The third-order valence-corrected chi connectivity index (χ3v) is 10.4. The average molecular weight is 594 g/mol. The van der Waals surface area contributed by atoms with Crippen LogP contribution in [0.5, 0.6) is 5.75 Å². The second-order valence-electron chi connectivity index (χ2n) is 8.23. The summed E-state index contributed by atoms with van der Waals surface area (Å²) in [6, 6.07) is 27.3. The van der Waals surface area contributed by atoms with Crippen molar-refractivity contribution in [3.63, 3.8) is 0 Å². The molecule has 2 N–H and O–H groups in total. The molecule has 0 aliphatic carbocycles. The summed E-state index contributed by atoms with van der Waals surface area (Å²) in [5, 5.41) is 6.54. The number of ether oxygens (including phenoxy) is 1. The van der Waals surface area contributed by atoms with Crippen LogP contribution in [0.1, 0.15) is 10.8 Å². The van der Waals surface area contributed by atoms with Crippen molar-refractivity contribution in [2.24, 2.45) is 0 Å². The maximum atomic E-state index is 13.5. The molecule has 5 aromatic rings. The van der Waals surface area contributed by atoms with Gasteiger partial charge in [-0.1, -0.05) is 36.4 Å². The summed E-state index contributed by atoms with van der Waals surface area (Å²) in [7, 11) is -2.01. The number of carbonyl (C=O) groups is 1. The van der Waals surface area contributed by atoms with E-state index in [1.54, 1.807) is 48.9 Å². The molecule has 1 unspecified atom stereocenters. The number of thiazole rings is 1. The van der Waals surface area contributed by atoms with E-state index in [9.17, 15) is 13.2 Å². The molecule has 0 aliphatic rings. The van der Waals surface area contributed by atoms with E-state index in [0.717, 1.165) is 38.8 Å². The van der Waals surface area contributed by atoms with Crippen molar-refractivity contribution < 1.29 is 17.9 Å². The van der Waals surface area contributed by atoms with E-state index >= 15 is 0 Å². The molecule has 5 rings (SSSR count). The first-order valence-corrected chi connectivity index (χ1v) is 15.8. The zero-order chi connectivity index (χ0) is 27.2. The largest absolute Gasteiger partial charge is 0.497 e. The molecule has 11 heteroatoms. The number of hydrogen-bond donors (Lipinski definition) is 2. The van der Waals surface area contributed by atoms with Crippen LogP contribution in [-0.2, 0) is 14.8 Å². The topological polar surface area (TPSA) is 97.4 Å². The molecular weight excluding hydrogens is 571 g/mol. The SMILES string of the molecule is COc1ccc(-c2csc(NC(=O)C(Sc3ccc(NS(=O)(=O)c4cccs4)cc3)c3ccccc3)n2)cc1. The number of methoxy groups -OCH3 is 1. The molecule has 0 saturated heterocycles. The van der Waals surface area contributed by atoms with Crippen molar-refractivity contribution >= 4 is 61.2 Å². The van der Waals surface area contributed by atoms with Crippen molar-refractivity contribution in [3.8, 4) is 17.0 Å². The molecular formula is C28H23N3O4S4. The van der Waals surface area contributed by atoms with Crippen LogP contribution < -0.4 is 14.8 Å². The number of hydrogen-bond acceptors (Lipinski definition) is 8. The molecule has 2 heterocycles. The lowest BCUT2D eigenvalue weighted by Gasteiger charge is -2.16. The molecule has 0 radical (unpaired) electrons. The molecule has 2 aromatic heterocycles. The highest BCUT2D eigenvalue weighted by atomic mass is 32.2. The smallest absolute Gasteiger partial charge is 0.271 e. The lowest BCUT2D eigenvalue weighted by atomic mass is 10.1. The van der Waals surface area contributed by atoms with Crippen LogP contribution in [0, 0.1) is 0 Å². The summed E-state index contributed by atoms with van der Waals surface area (Å²) in [4.78, 5) is 18.9. The lowest BCUT2D eigenvalue weighted by molar-refractivity contribution is -0.115. The first kappa shape index (κ1) is 26.9. The van der Waals surface area contributed by atoms with Gasteiger partial charge < -0.3 is 10.1 Å². The Morgan fingerprint density at radius 2 is 1.67 bits per heavy atom. The van der Waals surface area contributed by atoms with Gasteiger partial charge in [-0.25, -0.2) is 13.4 Å². The Morgan fingerprint density at radius 1 is 0.923 bits per heavy atom. The molecule has 0 fully saturated rings. The highest BCUT2D eigenvalue weighted by molar-refractivity contribution is 8.00. The van der Waals surface area contributed by atoms with E-state index in [4.69, 9.17) is 4.74 Å². The highest BCUT2D eigenvalue weighted by Crippen LogP contribution is 2.37. The zero-order valence-electron chi connectivity index (χ0n) is 20.6. The molecule has 3 aromatic carbocycles. The summed E-state index contributed by atoms with van der Waals surface area (Å²) < 4.78 is 33.1. The Balaban J connectivity index is 1.31. The summed E-state index contributed by atoms with van der Waals surface area (Å²) in [5.74, 6) is 0.558. The minimum atomic E-state index is -3.63. The van der Waals surface area contributed by atoms with Gasteiger partial charge in [0.15, 0.2) is 5.13 Å². The summed E-state index contributed by atoms with van der Waals surface area (Å²) >= 11 is 3.89. The summed E-state index contributed by atoms with van der Waals surface area (Å²) in [5.41, 5.74) is 2.98. The van der Waals surface area contributed by atoms with Gasteiger partial charge in [0.25, 0.3) is 10.0 Å². The predicted octanol–water partition coefficient (Wildman–Crippen LogP) is 7.15. The molecule has 7 nitrogen and oxygen atoms in total. The van der Waals surface area contributed by atoms with E-state index < -0.39 is 15.3 Å². The van der Waals surface area contributed by atoms with E-state index in [1.165, 1.54) is 23.1 Å². The fourth-order valence-corrected chi connectivity index (χ4v) is 7.46. The fourth-order valence-electron chi connectivity index (χ4n) is 3.66. The van der Waals surface area contributed by atoms with Crippen LogP contribution >= 0.6 is 34.4 Å². The minimum Gasteiger partial charge on any atom is -0.497 e. The Bertz CT molecular complexity index is 1640. The third kappa shape index (κ3) is 6.69. The van der Waals surface area contributed by atoms with Crippen molar-refractivity contribution in [1.82, 2.24) is 4.98 Å². The zero-order valence-corrected chi connectivity index (χ0v) is 23.9. The van der Waals surface area contributed by atoms with Gasteiger partial charge in [0.05, 0.1) is 12.8 Å². The Labute approximate surface area is 239 Å². The van der Waals surface area contributed by atoms with Crippen LogP contribution in [0.4, 0.5) is 10.8 Å². The number of rotatable bonds is 10. The van der Waals surface area contributed by atoms with Crippen LogP contribution in [0.25, 0.3) is 11.3 Å². The van der Waals surface area contributed by atoms with Gasteiger partial charge >= 0.3 is 0 Å². The molecule has 0 saturated carbocycles. The number of thiophene rings is 1. The van der Waals surface area contributed by atoms with E-state index in [2.05, 4.69) is 15.0 Å². The summed E-state index contributed by atoms with van der Waals surface area (Å²) in [6.07, 6.45) is 0. The van der Waals surface area contributed by atoms with Gasteiger partial charge in [-0.15, -0.1) is 34.4 Å². The van der Waals surface area contributed by atoms with Crippen LogP contribution in [-0.4, -0.2) is 26.4 Å². The minimum absolute atomic E-state index is 0.204. The number of nitrogens with one attached hydrogen (secondary N) is 2. The average Bonchev–Trinajstić information content (AvgIpc) is 3.66. The highest BCUT2D eigenvalue weighted by Gasteiger charge is 2.23. The number of sulfonamides is 1. The quantitative estimate of drug-likeness (QED) is 0.167. The number of nitrogens with zero attached hydrogens (tertiary/aromatic N) is 1. The van der Waals surface area contributed by atoms with Crippen molar-refractivity contribution in [3.05, 3.63) is 107 Å². The number of anilines is 2. The van der Waals surface area contributed by atoms with E-state index in [0.29, 0.717) is 10.8 Å². The summed E-state index contributed by atoms with van der Waals surface area (Å²) in [6.45, 7) is 0. The van der Waals surface area contributed by atoms with Gasteiger partial charge in [-0.3, -0.25) is 9.52 Å². The normalized spacial score (nSPS) is 12.0. The first-order chi connectivity index (χ1) is 18.9. The van der Waals surface area contributed by atoms with Crippen LogP contribution in [0.2, 0.25) is 0 Å². The molecule has 0 spiro atoms. The lowest BCUT2D eigenvalue weighted by Crippen LogP contribution is -2.19. The van der Waals surface area contributed by atoms with Gasteiger partial charge in [0, 0.05) is 21.5 Å². The number of amides is 1. The van der Waals surface area contributed by atoms with E-state index in [1.807, 2.05) is 60.0 Å². The third-order valence-electron chi connectivity index (χ3n) is 5.58. The molecule has 0 bridgehead atoms. The van der Waals surface area contributed by atoms with E-state index in [-0.39, 0.29) is 10.1 Å². The van der Waals surface area contributed by atoms with Gasteiger partial charge in [0.1, 0.15) is 15.2 Å². The Morgan fingerprint density at radius 3 is 2.33 bits per heavy atom. The monoisotopic (exact) mass is 593 g/mol. The number of carbonyl (C=O) groups excluding carboxylic acids is 1. The first-order valence-electron chi connectivity index (χ1n) is 11.7. The second-order valence-corrected chi connectivity index (χ2v) is 13.1. The van der Waals surface area contributed by atoms with Gasteiger partial charge in [-0.2, -0.15) is 0 Å². The maximum absolute atomic E-state index is 13.5. The fraction of sp³-hybridized carbons (Fsp3) is 0.0714. The molecule has 0 aliphatic heterocycles. The molecule has 1 amide bonds. The standard InChI is InChI=1S/C28H23N3O4S4/c1-35-22-13-9-19(10-14-22)24-18-37-28(29-24)30-27(32)26(20-6-3-2-4-7-20)38-23-15-11-21(12-16-23)31-39(33,34)25-8-5-17-36-25/h2-18,26,31H,1H3,(H,29,30,32). The van der Waals surface area contributed by atoms with Crippen molar-refractivity contribution in [2.45, 2.75) is 14.4 Å². The molecule has 1 atom stereocenters. The van der Waals surface area contributed by atoms with Crippen molar-refractivity contribution in [2.75, 3.05) is 17.1 Å². The van der Waals surface area contributed by atoms with Gasteiger partial charge in [0.2, 0.25) is 5.91 Å². The molecule has 198 valence electrons. The number of aromatic nitrogens is 1. The second kappa shape index (κ2) is 12.0. The number of thioether (sulfide) groups is 1. The Hall–Kier alpha value is -3.64. The van der Waals surface area contributed by atoms with Gasteiger partial charge in [-0.05, 0) is 65.5 Å². The van der Waals surface area contributed by atoms with Crippen LogP contribution in [0.15, 0.2) is 111 Å². The van der Waals surface area contributed by atoms with Crippen LogP contribution in [0.3, 0.4) is 0 Å².